The molecule has 0 heterocycles. The van der Waals surface area contributed by atoms with Gasteiger partial charge in [0.25, 0.3) is 5.91 Å². The van der Waals surface area contributed by atoms with Crippen molar-refractivity contribution in [3.8, 4) is 0 Å². The van der Waals surface area contributed by atoms with E-state index >= 15 is 0 Å². The fourth-order valence-corrected chi connectivity index (χ4v) is 2.04. The summed E-state index contributed by atoms with van der Waals surface area (Å²) in [5, 5.41) is 7.22. The molecule has 5 N–H and O–H groups in total. The molecule has 0 fully saturated rings. The number of hydrogen-bond acceptors (Lipinski definition) is 3. The van der Waals surface area contributed by atoms with Crippen LogP contribution < -0.4 is 21.7 Å². The number of halogens is 2. The van der Waals surface area contributed by atoms with E-state index in [0.717, 1.165) is 17.7 Å². The Morgan fingerprint density at radius 2 is 1.65 bits per heavy atom. The maximum absolute atomic E-state index is 13.5. The summed E-state index contributed by atoms with van der Waals surface area (Å²) in [5.41, 5.74) is 5.91. The Morgan fingerprint density at radius 1 is 0.962 bits per heavy atom. The van der Waals surface area contributed by atoms with Gasteiger partial charge in [-0.05, 0) is 29.8 Å². The Kier molecular flexibility index (Phi) is 6.20. The molecule has 136 valence electrons. The first-order chi connectivity index (χ1) is 12.3. The molecule has 0 spiro atoms. The molecule has 4 amide bonds. The van der Waals surface area contributed by atoms with Gasteiger partial charge in [0.2, 0.25) is 5.91 Å². The van der Waals surface area contributed by atoms with Gasteiger partial charge >= 0.3 is 6.03 Å². The van der Waals surface area contributed by atoms with Gasteiger partial charge in [-0.25, -0.2) is 13.6 Å². The second kappa shape index (κ2) is 8.56. The molecule has 9 heteroatoms. The van der Waals surface area contributed by atoms with Crippen LogP contribution in [0.25, 0.3) is 0 Å². The molecule has 0 bridgehead atoms. The first-order valence-corrected chi connectivity index (χ1v) is 7.50. The van der Waals surface area contributed by atoms with Gasteiger partial charge in [0.1, 0.15) is 11.6 Å². The molecule has 0 atom stereocenters. The van der Waals surface area contributed by atoms with Crippen molar-refractivity contribution in [3.05, 3.63) is 65.2 Å². The Hall–Kier alpha value is -3.49. The minimum absolute atomic E-state index is 0.191. The molecule has 0 saturated heterocycles. The fraction of sp³-hybridized carbons (Fsp3) is 0.118. The third-order valence-corrected chi connectivity index (χ3v) is 3.30. The number of carbonyl (C=O) groups excluding carboxylic acids is 3. The minimum Gasteiger partial charge on any atom is -0.351 e. The predicted molar refractivity (Wildman–Crippen MR) is 90.2 cm³/mol. The number of nitrogens with one attached hydrogen (secondary N) is 3. The summed E-state index contributed by atoms with van der Waals surface area (Å²) in [7, 11) is 0. The lowest BCUT2D eigenvalue weighted by Crippen LogP contribution is -2.36. The van der Waals surface area contributed by atoms with E-state index in [9.17, 15) is 23.2 Å². The highest BCUT2D eigenvalue weighted by atomic mass is 19.1. The Morgan fingerprint density at radius 3 is 2.27 bits per heavy atom. The van der Waals surface area contributed by atoms with E-state index in [4.69, 9.17) is 5.73 Å². The van der Waals surface area contributed by atoms with Gasteiger partial charge < -0.3 is 21.7 Å². The lowest BCUT2D eigenvalue weighted by Gasteiger charge is -2.08. The quantitative estimate of drug-likeness (QED) is 0.624. The molecule has 2 rings (SSSR count). The summed E-state index contributed by atoms with van der Waals surface area (Å²) < 4.78 is 26.3. The molecule has 26 heavy (non-hydrogen) atoms. The average molecular weight is 362 g/mol. The van der Waals surface area contributed by atoms with Gasteiger partial charge in [-0.2, -0.15) is 0 Å². The highest BCUT2D eigenvalue weighted by Gasteiger charge is 2.13. The fourth-order valence-electron chi connectivity index (χ4n) is 2.04. The van der Waals surface area contributed by atoms with Crippen molar-refractivity contribution in [2.24, 2.45) is 5.73 Å². The van der Waals surface area contributed by atoms with Crippen LogP contribution >= 0.6 is 0 Å². The van der Waals surface area contributed by atoms with Crippen molar-refractivity contribution in [2.75, 3.05) is 11.9 Å². The molecule has 0 unspecified atom stereocenters. The largest absolute Gasteiger partial charge is 0.351 e. The average Bonchev–Trinajstić information content (AvgIpc) is 2.58. The highest BCUT2D eigenvalue weighted by Crippen LogP contribution is 2.10. The minimum atomic E-state index is -1.01. The van der Waals surface area contributed by atoms with E-state index in [1.165, 1.54) is 0 Å². The molecule has 0 aliphatic carbocycles. The molecule has 0 saturated carbocycles. The van der Waals surface area contributed by atoms with Crippen LogP contribution in [0.5, 0.6) is 0 Å². The lowest BCUT2D eigenvalue weighted by atomic mass is 10.2. The van der Waals surface area contributed by atoms with E-state index in [-0.39, 0.29) is 18.7 Å². The SMILES string of the molecule is NC(=O)Nc1ccc(CNC(=O)CNC(=O)c2ccc(F)cc2F)cc1. The van der Waals surface area contributed by atoms with Gasteiger partial charge in [0.05, 0.1) is 12.1 Å². The third-order valence-electron chi connectivity index (χ3n) is 3.30. The molecular formula is C17H16F2N4O3. The van der Waals surface area contributed by atoms with Crippen molar-refractivity contribution in [2.45, 2.75) is 6.54 Å². The monoisotopic (exact) mass is 362 g/mol. The number of primary amides is 1. The number of urea groups is 1. The van der Waals surface area contributed by atoms with Gasteiger partial charge in [-0.1, -0.05) is 12.1 Å². The van der Waals surface area contributed by atoms with Gasteiger partial charge in [0.15, 0.2) is 0 Å². The molecule has 2 aromatic carbocycles. The smallest absolute Gasteiger partial charge is 0.316 e. The number of hydrogen-bond donors (Lipinski definition) is 4. The third kappa shape index (κ3) is 5.55. The van der Waals surface area contributed by atoms with E-state index in [0.29, 0.717) is 11.8 Å². The Labute approximate surface area is 147 Å². The summed E-state index contributed by atoms with van der Waals surface area (Å²) in [4.78, 5) is 34.2. The van der Waals surface area contributed by atoms with Crippen molar-refractivity contribution >= 4 is 23.5 Å². The van der Waals surface area contributed by atoms with Crippen LogP contribution in [-0.2, 0) is 11.3 Å². The Bertz CT molecular complexity index is 825. The lowest BCUT2D eigenvalue weighted by molar-refractivity contribution is -0.120. The van der Waals surface area contributed by atoms with E-state index in [1.54, 1.807) is 24.3 Å². The van der Waals surface area contributed by atoms with Crippen molar-refractivity contribution < 1.29 is 23.2 Å². The molecule has 0 aliphatic heterocycles. The zero-order valence-electron chi connectivity index (χ0n) is 13.5. The number of rotatable bonds is 6. The number of carbonyl (C=O) groups is 3. The van der Waals surface area contributed by atoms with Gasteiger partial charge in [-0.15, -0.1) is 0 Å². The standard InChI is InChI=1S/C17H16F2N4O3/c18-11-3-6-13(14(19)7-11)16(25)22-9-15(24)21-8-10-1-4-12(5-2-10)23-17(20)26/h1-7H,8-9H2,(H,21,24)(H,22,25)(H3,20,23,26). The first kappa shape index (κ1) is 18.8. The van der Waals surface area contributed by atoms with Crippen LogP contribution in [0.2, 0.25) is 0 Å². The zero-order valence-corrected chi connectivity index (χ0v) is 13.5. The molecule has 2 aromatic rings. The maximum atomic E-state index is 13.5. The topological polar surface area (TPSA) is 113 Å². The van der Waals surface area contributed by atoms with E-state index in [1.807, 2.05) is 0 Å². The number of nitrogens with two attached hydrogens (primary N) is 1. The van der Waals surface area contributed by atoms with Gasteiger partial charge in [0, 0.05) is 18.3 Å². The van der Waals surface area contributed by atoms with Crippen LogP contribution in [0.15, 0.2) is 42.5 Å². The molecular weight excluding hydrogens is 346 g/mol. The van der Waals surface area contributed by atoms with Crippen molar-refractivity contribution in [1.29, 1.82) is 0 Å². The number of anilines is 1. The summed E-state index contributed by atoms with van der Waals surface area (Å²) >= 11 is 0. The summed E-state index contributed by atoms with van der Waals surface area (Å²) in [6.07, 6.45) is 0. The zero-order chi connectivity index (χ0) is 19.1. The van der Waals surface area contributed by atoms with Crippen LogP contribution in [0, 0.1) is 11.6 Å². The summed E-state index contributed by atoms with van der Waals surface area (Å²) in [5.74, 6) is -3.11. The summed E-state index contributed by atoms with van der Waals surface area (Å²) in [6.45, 7) is -0.173. The number of benzene rings is 2. The van der Waals surface area contributed by atoms with Crippen LogP contribution in [0.3, 0.4) is 0 Å². The first-order valence-electron chi connectivity index (χ1n) is 7.50. The molecule has 7 nitrogen and oxygen atoms in total. The maximum Gasteiger partial charge on any atom is 0.316 e. The highest BCUT2D eigenvalue weighted by molar-refractivity contribution is 5.96. The van der Waals surface area contributed by atoms with E-state index < -0.39 is 29.5 Å². The van der Waals surface area contributed by atoms with Crippen LogP contribution in [0.1, 0.15) is 15.9 Å². The second-order valence-corrected chi connectivity index (χ2v) is 5.27. The van der Waals surface area contributed by atoms with Crippen LogP contribution in [-0.4, -0.2) is 24.4 Å². The predicted octanol–water partition coefficient (Wildman–Crippen LogP) is 1.50. The van der Waals surface area contributed by atoms with Crippen LogP contribution in [0.4, 0.5) is 19.3 Å². The van der Waals surface area contributed by atoms with E-state index in [2.05, 4.69) is 16.0 Å². The Balaban J connectivity index is 1.79. The number of amides is 4. The summed E-state index contributed by atoms with van der Waals surface area (Å²) in [6, 6.07) is 8.45. The normalized spacial score (nSPS) is 10.1. The molecule has 0 radical (unpaired) electrons. The van der Waals surface area contributed by atoms with Crippen molar-refractivity contribution in [3.63, 3.8) is 0 Å². The molecule has 0 aliphatic rings. The van der Waals surface area contributed by atoms with Gasteiger partial charge in [-0.3, -0.25) is 9.59 Å². The van der Waals surface area contributed by atoms with Crippen molar-refractivity contribution in [1.82, 2.24) is 10.6 Å². The second-order valence-electron chi connectivity index (χ2n) is 5.27. The molecule has 0 aromatic heterocycles.